The number of Topliss-reactive ketones (excluding diaryl/α,β-unsaturated/α-hetero) is 1. The fourth-order valence-electron chi connectivity index (χ4n) is 3.29. The molecule has 0 aliphatic carbocycles. The number of likely N-dealkylation sites (N-methyl/N-ethyl adjacent to an activating group) is 1. The van der Waals surface area contributed by atoms with E-state index in [-0.39, 0.29) is 36.7 Å². The van der Waals surface area contributed by atoms with Crippen molar-refractivity contribution in [2.45, 2.75) is 58.5 Å². The zero-order valence-corrected chi connectivity index (χ0v) is 17.7. The molecular formula is C22H32N2O4. The van der Waals surface area contributed by atoms with Gasteiger partial charge in [-0.15, -0.1) is 0 Å². The van der Waals surface area contributed by atoms with Crippen LogP contribution in [0.2, 0.25) is 0 Å². The first-order chi connectivity index (χ1) is 13.1. The Morgan fingerprint density at radius 2 is 1.79 bits per heavy atom. The number of carbonyl (C=O) groups is 3. The maximum atomic E-state index is 13.1. The molecule has 1 aliphatic rings. The molecule has 6 heteroatoms. The third-order valence-corrected chi connectivity index (χ3v) is 5.44. The van der Waals surface area contributed by atoms with E-state index in [2.05, 4.69) is 19.2 Å². The summed E-state index contributed by atoms with van der Waals surface area (Å²) in [4.78, 5) is 39.5. The first-order valence-electron chi connectivity index (χ1n) is 9.85. The Bertz CT molecular complexity index is 727. The second-order valence-corrected chi connectivity index (χ2v) is 8.52. The topological polar surface area (TPSA) is 75.7 Å². The minimum Gasteiger partial charge on any atom is -0.371 e. The lowest BCUT2D eigenvalue weighted by Crippen LogP contribution is -2.58. The van der Waals surface area contributed by atoms with Crippen molar-refractivity contribution in [3.05, 3.63) is 35.4 Å². The van der Waals surface area contributed by atoms with Gasteiger partial charge in [-0.25, -0.2) is 0 Å². The van der Waals surface area contributed by atoms with Crippen LogP contribution >= 0.6 is 0 Å². The van der Waals surface area contributed by atoms with Gasteiger partial charge in [0.2, 0.25) is 5.91 Å². The van der Waals surface area contributed by atoms with Crippen molar-refractivity contribution in [3.8, 4) is 0 Å². The summed E-state index contributed by atoms with van der Waals surface area (Å²) in [6, 6.07) is 6.72. The number of amides is 2. The maximum Gasteiger partial charge on any atom is 0.251 e. The molecule has 0 saturated carbocycles. The molecule has 0 aromatic heterocycles. The standard InChI is InChI=1S/C22H32N2O4/c1-14(2)11-18(21(27)24(6)22(5)13-28-12-19(22)25)23-20(26)17-9-7-16(8-10-17)15(3)4/h7-10,14-15,18H,11-13H2,1-6H3,(H,23,26). The predicted molar refractivity (Wildman–Crippen MR) is 108 cm³/mol. The number of hydrogen-bond donors (Lipinski definition) is 1. The molecule has 0 bridgehead atoms. The Kier molecular flexibility index (Phi) is 6.99. The molecule has 1 fully saturated rings. The van der Waals surface area contributed by atoms with Crippen molar-refractivity contribution >= 4 is 17.6 Å². The van der Waals surface area contributed by atoms with Crippen LogP contribution in [0.15, 0.2) is 24.3 Å². The van der Waals surface area contributed by atoms with E-state index in [1.807, 2.05) is 26.0 Å². The van der Waals surface area contributed by atoms with E-state index in [4.69, 9.17) is 4.74 Å². The van der Waals surface area contributed by atoms with Gasteiger partial charge in [0.05, 0.1) is 6.61 Å². The number of carbonyl (C=O) groups excluding carboxylic acids is 3. The van der Waals surface area contributed by atoms with Crippen molar-refractivity contribution in [1.82, 2.24) is 10.2 Å². The van der Waals surface area contributed by atoms with Crippen LogP contribution in [-0.2, 0) is 14.3 Å². The fraction of sp³-hybridized carbons (Fsp3) is 0.591. The number of ether oxygens (including phenoxy) is 1. The zero-order chi connectivity index (χ0) is 21.1. The van der Waals surface area contributed by atoms with Gasteiger partial charge in [-0.2, -0.15) is 0 Å². The van der Waals surface area contributed by atoms with Crippen LogP contribution in [0.3, 0.4) is 0 Å². The Morgan fingerprint density at radius 1 is 1.18 bits per heavy atom. The first-order valence-corrected chi connectivity index (χ1v) is 9.85. The van der Waals surface area contributed by atoms with Gasteiger partial charge in [0.1, 0.15) is 18.2 Å². The smallest absolute Gasteiger partial charge is 0.251 e. The molecule has 2 atom stereocenters. The van der Waals surface area contributed by atoms with Gasteiger partial charge in [-0.1, -0.05) is 39.8 Å². The Labute approximate surface area is 167 Å². The molecule has 1 aromatic rings. The van der Waals surface area contributed by atoms with Crippen molar-refractivity contribution < 1.29 is 19.1 Å². The summed E-state index contributed by atoms with van der Waals surface area (Å²) >= 11 is 0. The first kappa shape index (κ1) is 22.1. The molecule has 1 aromatic carbocycles. The molecule has 1 N–H and O–H groups in total. The van der Waals surface area contributed by atoms with Crippen molar-refractivity contribution in [2.24, 2.45) is 5.92 Å². The number of hydrogen-bond acceptors (Lipinski definition) is 4. The van der Waals surface area contributed by atoms with E-state index in [0.29, 0.717) is 17.9 Å². The number of rotatable bonds is 7. The zero-order valence-electron chi connectivity index (χ0n) is 17.7. The molecule has 0 spiro atoms. The molecule has 1 saturated heterocycles. The predicted octanol–water partition coefficient (Wildman–Crippen LogP) is 2.77. The van der Waals surface area contributed by atoms with Crippen LogP contribution in [0.25, 0.3) is 0 Å². The number of nitrogens with one attached hydrogen (secondary N) is 1. The Hall–Kier alpha value is -2.21. The van der Waals surface area contributed by atoms with E-state index < -0.39 is 11.6 Å². The van der Waals surface area contributed by atoms with Crippen LogP contribution < -0.4 is 5.32 Å². The number of benzene rings is 1. The summed E-state index contributed by atoms with van der Waals surface area (Å²) in [5, 5.41) is 2.87. The average molecular weight is 389 g/mol. The summed E-state index contributed by atoms with van der Waals surface area (Å²) in [5.74, 6) is -0.103. The van der Waals surface area contributed by atoms with Crippen molar-refractivity contribution in [1.29, 1.82) is 0 Å². The minimum absolute atomic E-state index is 0.0114. The lowest BCUT2D eigenvalue weighted by Gasteiger charge is -2.35. The fourth-order valence-corrected chi connectivity index (χ4v) is 3.29. The van der Waals surface area contributed by atoms with E-state index >= 15 is 0 Å². The quantitative estimate of drug-likeness (QED) is 0.779. The summed E-state index contributed by atoms with van der Waals surface area (Å²) in [6.07, 6.45) is 0.490. The minimum atomic E-state index is -0.990. The summed E-state index contributed by atoms with van der Waals surface area (Å²) in [7, 11) is 1.60. The molecule has 1 heterocycles. The van der Waals surface area contributed by atoms with Gasteiger partial charge in [-0.05, 0) is 42.9 Å². The van der Waals surface area contributed by atoms with Crippen LogP contribution in [0.4, 0.5) is 0 Å². The van der Waals surface area contributed by atoms with Crippen LogP contribution in [0, 0.1) is 5.92 Å². The summed E-state index contributed by atoms with van der Waals surface area (Å²) < 4.78 is 5.25. The molecule has 1 aliphatic heterocycles. The highest BCUT2D eigenvalue weighted by Crippen LogP contribution is 2.23. The molecule has 2 unspecified atom stereocenters. The normalized spacial score (nSPS) is 20.5. The molecule has 28 heavy (non-hydrogen) atoms. The van der Waals surface area contributed by atoms with E-state index in [9.17, 15) is 14.4 Å². The van der Waals surface area contributed by atoms with E-state index in [0.717, 1.165) is 5.56 Å². The van der Waals surface area contributed by atoms with Crippen molar-refractivity contribution in [3.63, 3.8) is 0 Å². The number of ketones is 1. The van der Waals surface area contributed by atoms with Gasteiger partial charge < -0.3 is 15.0 Å². The number of nitrogens with zero attached hydrogens (tertiary/aromatic N) is 1. The van der Waals surface area contributed by atoms with Gasteiger partial charge in [0.15, 0.2) is 5.78 Å². The van der Waals surface area contributed by atoms with Crippen LogP contribution in [0.1, 0.15) is 62.9 Å². The maximum absolute atomic E-state index is 13.1. The monoisotopic (exact) mass is 388 g/mol. The molecule has 2 rings (SSSR count). The van der Waals surface area contributed by atoms with E-state index in [1.165, 1.54) is 4.90 Å². The second kappa shape index (κ2) is 8.86. The average Bonchev–Trinajstić information content (AvgIpc) is 2.99. The molecule has 2 amide bonds. The molecule has 6 nitrogen and oxygen atoms in total. The molecule has 0 radical (unpaired) electrons. The van der Waals surface area contributed by atoms with Crippen molar-refractivity contribution in [2.75, 3.05) is 20.3 Å². The second-order valence-electron chi connectivity index (χ2n) is 8.52. The van der Waals surface area contributed by atoms with Crippen LogP contribution in [-0.4, -0.2) is 54.3 Å². The lowest BCUT2D eigenvalue weighted by atomic mass is 9.95. The summed E-state index contributed by atoms with van der Waals surface area (Å²) in [5.41, 5.74) is 0.675. The SMILES string of the molecule is CC(C)CC(NC(=O)c1ccc(C(C)C)cc1)C(=O)N(C)C1(C)COCC1=O. The highest BCUT2D eigenvalue weighted by molar-refractivity contribution is 5.99. The summed E-state index contributed by atoms with van der Waals surface area (Å²) in [6.45, 7) is 10.1. The van der Waals surface area contributed by atoms with Gasteiger partial charge in [0, 0.05) is 12.6 Å². The molecular weight excluding hydrogens is 356 g/mol. The third-order valence-electron chi connectivity index (χ3n) is 5.44. The molecule has 154 valence electrons. The highest BCUT2D eigenvalue weighted by atomic mass is 16.5. The largest absolute Gasteiger partial charge is 0.371 e. The van der Waals surface area contributed by atoms with Crippen LogP contribution in [0.5, 0.6) is 0 Å². The van der Waals surface area contributed by atoms with E-state index in [1.54, 1.807) is 26.1 Å². The highest BCUT2D eigenvalue weighted by Gasteiger charge is 2.45. The third kappa shape index (κ3) is 4.79. The Balaban J connectivity index is 2.17. The Morgan fingerprint density at radius 3 is 2.25 bits per heavy atom. The lowest BCUT2D eigenvalue weighted by molar-refractivity contribution is -0.143. The van der Waals surface area contributed by atoms with Gasteiger partial charge >= 0.3 is 0 Å². The van der Waals surface area contributed by atoms with Gasteiger partial charge in [0.25, 0.3) is 5.91 Å². The van der Waals surface area contributed by atoms with Gasteiger partial charge in [-0.3, -0.25) is 14.4 Å².